The predicted octanol–water partition coefficient (Wildman–Crippen LogP) is 2.85. The van der Waals surface area contributed by atoms with E-state index in [0.29, 0.717) is 10.8 Å². The van der Waals surface area contributed by atoms with E-state index >= 15 is 0 Å². The Morgan fingerprint density at radius 2 is 1.80 bits per heavy atom. The van der Waals surface area contributed by atoms with Crippen LogP contribution in [-0.4, -0.2) is 21.1 Å². The van der Waals surface area contributed by atoms with Crippen LogP contribution in [0.3, 0.4) is 0 Å². The Bertz CT molecular complexity index is 712. The standard InChI is InChI=1S/C14H10N4OS/c19-12(11-8-4-5-9-15-11)16-14-18-17-13(20-14)10-6-2-1-3-7-10/h1-9H,(H,16,18,19). The fourth-order valence-electron chi connectivity index (χ4n) is 1.63. The number of rotatable bonds is 3. The fourth-order valence-corrected chi connectivity index (χ4v) is 2.37. The Hall–Kier alpha value is -2.60. The highest BCUT2D eigenvalue weighted by Gasteiger charge is 2.11. The van der Waals surface area contributed by atoms with Crippen LogP contribution in [0.1, 0.15) is 10.5 Å². The maximum absolute atomic E-state index is 11.9. The van der Waals surface area contributed by atoms with Gasteiger partial charge in [0.1, 0.15) is 10.7 Å². The van der Waals surface area contributed by atoms with Crippen LogP contribution in [0.25, 0.3) is 10.6 Å². The number of hydrogen-bond donors (Lipinski definition) is 1. The predicted molar refractivity (Wildman–Crippen MR) is 77.5 cm³/mol. The van der Waals surface area contributed by atoms with Gasteiger partial charge in [0, 0.05) is 11.8 Å². The van der Waals surface area contributed by atoms with Gasteiger partial charge in [-0.2, -0.15) is 0 Å². The van der Waals surface area contributed by atoms with Crippen LogP contribution >= 0.6 is 11.3 Å². The molecule has 0 spiro atoms. The van der Waals surface area contributed by atoms with Gasteiger partial charge in [0.05, 0.1) is 0 Å². The number of nitrogens with one attached hydrogen (secondary N) is 1. The van der Waals surface area contributed by atoms with Gasteiger partial charge in [0.2, 0.25) is 5.13 Å². The van der Waals surface area contributed by atoms with Crippen LogP contribution in [0.5, 0.6) is 0 Å². The molecule has 6 heteroatoms. The van der Waals surface area contributed by atoms with E-state index in [1.807, 2.05) is 30.3 Å². The summed E-state index contributed by atoms with van der Waals surface area (Å²) in [6.45, 7) is 0. The van der Waals surface area contributed by atoms with Crippen molar-refractivity contribution in [3.05, 3.63) is 60.4 Å². The van der Waals surface area contributed by atoms with Gasteiger partial charge in [-0.1, -0.05) is 47.7 Å². The maximum Gasteiger partial charge on any atom is 0.276 e. The molecule has 2 heterocycles. The fraction of sp³-hybridized carbons (Fsp3) is 0. The molecule has 0 unspecified atom stereocenters. The van der Waals surface area contributed by atoms with Crippen LogP contribution in [0.2, 0.25) is 0 Å². The second-order valence-electron chi connectivity index (χ2n) is 3.95. The molecule has 20 heavy (non-hydrogen) atoms. The molecule has 0 aliphatic heterocycles. The molecular formula is C14H10N4OS. The zero-order chi connectivity index (χ0) is 13.8. The first kappa shape index (κ1) is 12.4. The Morgan fingerprint density at radius 1 is 1.00 bits per heavy atom. The van der Waals surface area contributed by atoms with Crippen molar-refractivity contribution < 1.29 is 4.79 Å². The number of nitrogens with zero attached hydrogens (tertiary/aromatic N) is 3. The molecule has 3 rings (SSSR count). The van der Waals surface area contributed by atoms with E-state index in [9.17, 15) is 4.79 Å². The number of anilines is 1. The second-order valence-corrected chi connectivity index (χ2v) is 4.93. The Kier molecular flexibility index (Phi) is 3.47. The summed E-state index contributed by atoms with van der Waals surface area (Å²) in [5.41, 5.74) is 1.33. The largest absolute Gasteiger partial charge is 0.295 e. The van der Waals surface area contributed by atoms with Gasteiger partial charge >= 0.3 is 0 Å². The average Bonchev–Trinajstić information content (AvgIpc) is 2.97. The number of hydrogen-bond acceptors (Lipinski definition) is 5. The van der Waals surface area contributed by atoms with E-state index in [4.69, 9.17) is 0 Å². The van der Waals surface area contributed by atoms with Crippen LogP contribution < -0.4 is 5.32 Å². The van der Waals surface area contributed by atoms with Gasteiger partial charge in [-0.3, -0.25) is 15.1 Å². The summed E-state index contributed by atoms with van der Waals surface area (Å²) in [4.78, 5) is 15.9. The minimum absolute atomic E-state index is 0.290. The second kappa shape index (κ2) is 5.58. The lowest BCUT2D eigenvalue weighted by Crippen LogP contribution is -2.13. The quantitative estimate of drug-likeness (QED) is 0.802. The van der Waals surface area contributed by atoms with Crippen molar-refractivity contribution in [2.45, 2.75) is 0 Å². The molecule has 0 radical (unpaired) electrons. The average molecular weight is 282 g/mol. The van der Waals surface area contributed by atoms with Gasteiger partial charge in [-0.05, 0) is 12.1 Å². The molecule has 0 saturated carbocycles. The number of carbonyl (C=O) groups is 1. The minimum Gasteiger partial charge on any atom is -0.295 e. The third-order valence-corrected chi connectivity index (χ3v) is 3.45. The summed E-state index contributed by atoms with van der Waals surface area (Å²) in [6, 6.07) is 14.9. The van der Waals surface area contributed by atoms with Gasteiger partial charge in [0.25, 0.3) is 5.91 Å². The monoisotopic (exact) mass is 282 g/mol. The molecule has 0 fully saturated rings. The Morgan fingerprint density at radius 3 is 2.55 bits per heavy atom. The lowest BCUT2D eigenvalue weighted by Gasteiger charge is -1.98. The van der Waals surface area contributed by atoms with Crippen molar-refractivity contribution in [3.63, 3.8) is 0 Å². The summed E-state index contributed by atoms with van der Waals surface area (Å²) < 4.78 is 0. The first-order valence-electron chi connectivity index (χ1n) is 5.94. The molecule has 1 amide bonds. The third-order valence-electron chi connectivity index (χ3n) is 2.56. The molecule has 0 aliphatic rings. The number of carbonyl (C=O) groups excluding carboxylic acids is 1. The van der Waals surface area contributed by atoms with E-state index in [0.717, 1.165) is 10.6 Å². The first-order valence-corrected chi connectivity index (χ1v) is 6.76. The molecule has 0 bridgehead atoms. The normalized spacial score (nSPS) is 10.2. The molecule has 0 aliphatic carbocycles. The van der Waals surface area contributed by atoms with Crippen molar-refractivity contribution in [3.8, 4) is 10.6 Å². The lowest BCUT2D eigenvalue weighted by atomic mass is 10.2. The summed E-state index contributed by atoms with van der Waals surface area (Å²) >= 11 is 1.33. The molecule has 5 nitrogen and oxygen atoms in total. The van der Waals surface area contributed by atoms with E-state index in [2.05, 4.69) is 20.5 Å². The van der Waals surface area contributed by atoms with E-state index in [1.165, 1.54) is 11.3 Å². The van der Waals surface area contributed by atoms with Crippen LogP contribution in [-0.2, 0) is 0 Å². The number of amides is 1. The first-order chi connectivity index (χ1) is 9.83. The van der Waals surface area contributed by atoms with E-state index < -0.39 is 0 Å². The maximum atomic E-state index is 11.9. The molecule has 1 aromatic carbocycles. The smallest absolute Gasteiger partial charge is 0.276 e. The van der Waals surface area contributed by atoms with E-state index in [-0.39, 0.29) is 5.91 Å². The summed E-state index contributed by atoms with van der Waals surface area (Å²) in [5, 5.41) is 11.9. The van der Waals surface area contributed by atoms with Gasteiger partial charge in [-0.15, -0.1) is 10.2 Å². The van der Waals surface area contributed by atoms with Gasteiger partial charge in [-0.25, -0.2) is 0 Å². The molecule has 1 N–H and O–H groups in total. The van der Waals surface area contributed by atoms with Crippen LogP contribution in [0.15, 0.2) is 54.7 Å². The van der Waals surface area contributed by atoms with Crippen molar-refractivity contribution >= 4 is 22.4 Å². The molecule has 0 saturated heterocycles. The molecule has 0 atom stereocenters. The zero-order valence-electron chi connectivity index (χ0n) is 10.4. The number of benzene rings is 1. The van der Waals surface area contributed by atoms with Crippen LogP contribution in [0.4, 0.5) is 5.13 Å². The lowest BCUT2D eigenvalue weighted by molar-refractivity contribution is 0.102. The Balaban J connectivity index is 1.77. The van der Waals surface area contributed by atoms with Crippen molar-refractivity contribution in [1.29, 1.82) is 0 Å². The van der Waals surface area contributed by atoms with Crippen molar-refractivity contribution in [1.82, 2.24) is 15.2 Å². The topological polar surface area (TPSA) is 67.8 Å². The Labute approximate surface area is 119 Å². The highest BCUT2D eigenvalue weighted by Crippen LogP contribution is 2.25. The van der Waals surface area contributed by atoms with Gasteiger partial charge in [0.15, 0.2) is 0 Å². The van der Waals surface area contributed by atoms with Crippen LogP contribution in [0, 0.1) is 0 Å². The number of pyridine rings is 1. The van der Waals surface area contributed by atoms with Gasteiger partial charge < -0.3 is 0 Å². The molecular weight excluding hydrogens is 272 g/mol. The third kappa shape index (κ3) is 2.70. The molecule has 2 aromatic heterocycles. The molecule has 3 aromatic rings. The SMILES string of the molecule is O=C(Nc1nnc(-c2ccccc2)s1)c1ccccn1. The summed E-state index contributed by atoms with van der Waals surface area (Å²) in [6.07, 6.45) is 1.57. The number of aromatic nitrogens is 3. The summed E-state index contributed by atoms with van der Waals surface area (Å²) in [5.74, 6) is -0.290. The molecule has 98 valence electrons. The zero-order valence-corrected chi connectivity index (χ0v) is 11.2. The minimum atomic E-state index is -0.290. The van der Waals surface area contributed by atoms with Crippen molar-refractivity contribution in [2.24, 2.45) is 0 Å². The highest BCUT2D eigenvalue weighted by atomic mass is 32.1. The summed E-state index contributed by atoms with van der Waals surface area (Å²) in [7, 11) is 0. The van der Waals surface area contributed by atoms with E-state index in [1.54, 1.807) is 24.4 Å². The highest BCUT2D eigenvalue weighted by molar-refractivity contribution is 7.18. The van der Waals surface area contributed by atoms with Crippen molar-refractivity contribution in [2.75, 3.05) is 5.32 Å².